The van der Waals surface area contributed by atoms with Crippen LogP contribution in [0.1, 0.15) is 42.8 Å². The van der Waals surface area contributed by atoms with Crippen molar-refractivity contribution >= 4 is 40.0 Å². The van der Waals surface area contributed by atoms with Gasteiger partial charge >= 0.3 is 0 Å². The molecule has 0 unspecified atom stereocenters. The van der Waals surface area contributed by atoms with E-state index < -0.39 is 0 Å². The van der Waals surface area contributed by atoms with E-state index in [4.69, 9.17) is 0 Å². The Hall–Kier alpha value is -1.79. The van der Waals surface area contributed by atoms with Crippen molar-refractivity contribution in [2.45, 2.75) is 32.1 Å². The fourth-order valence-corrected chi connectivity index (χ4v) is 4.40. The number of amides is 1. The second-order valence-corrected chi connectivity index (χ2v) is 8.71. The summed E-state index contributed by atoms with van der Waals surface area (Å²) in [5.41, 5.74) is 2.00. The molecule has 0 bridgehead atoms. The molecule has 2 aromatic heterocycles. The lowest BCUT2D eigenvalue weighted by Crippen LogP contribution is -2.32. The molecule has 3 aromatic rings. The number of thioether (sulfide) groups is 1. The van der Waals surface area contributed by atoms with Gasteiger partial charge in [-0.15, -0.1) is 23.1 Å². The highest BCUT2D eigenvalue weighted by molar-refractivity contribution is 8.00. The minimum Gasteiger partial charge on any atom is -0.348 e. The fraction of sp³-hybridized carbons (Fsp3) is 0.368. The number of aromatic nitrogens is 2. The highest BCUT2D eigenvalue weighted by atomic mass is 32.2. The largest absolute Gasteiger partial charge is 0.348 e. The first-order valence-electron chi connectivity index (χ1n) is 8.43. The van der Waals surface area contributed by atoms with Gasteiger partial charge in [0.2, 0.25) is 5.91 Å². The molecule has 6 heteroatoms. The summed E-state index contributed by atoms with van der Waals surface area (Å²) >= 11 is 3.29. The number of rotatable bonds is 7. The molecule has 0 fully saturated rings. The highest BCUT2D eigenvalue weighted by Crippen LogP contribution is 2.29. The van der Waals surface area contributed by atoms with Crippen LogP contribution in [-0.2, 0) is 4.79 Å². The molecule has 0 saturated carbocycles. The minimum atomic E-state index is 0.0695. The van der Waals surface area contributed by atoms with Crippen molar-refractivity contribution in [2.75, 3.05) is 5.75 Å². The Bertz CT molecular complexity index is 793. The van der Waals surface area contributed by atoms with E-state index >= 15 is 0 Å². The zero-order chi connectivity index (χ0) is 17.8. The van der Waals surface area contributed by atoms with Gasteiger partial charge in [-0.2, -0.15) is 0 Å². The third kappa shape index (κ3) is 4.44. The molecule has 0 aliphatic carbocycles. The van der Waals surface area contributed by atoms with Gasteiger partial charge in [-0.3, -0.25) is 4.79 Å². The van der Waals surface area contributed by atoms with Crippen LogP contribution in [-0.4, -0.2) is 21.6 Å². The Morgan fingerprint density at radius 3 is 2.72 bits per heavy atom. The number of aromatic amines is 1. The summed E-state index contributed by atoms with van der Waals surface area (Å²) in [6.45, 7) is 6.35. The van der Waals surface area contributed by atoms with Gasteiger partial charge in [0, 0.05) is 4.88 Å². The highest BCUT2D eigenvalue weighted by Gasteiger charge is 2.20. The van der Waals surface area contributed by atoms with E-state index in [1.54, 1.807) is 23.1 Å². The lowest BCUT2D eigenvalue weighted by atomic mass is 10.0. The molecule has 0 aliphatic rings. The maximum Gasteiger partial charge on any atom is 0.230 e. The molecule has 2 heterocycles. The zero-order valence-electron chi connectivity index (χ0n) is 14.7. The molecule has 0 saturated heterocycles. The number of fused-ring (bicyclic) bond motifs is 1. The van der Waals surface area contributed by atoms with Crippen LogP contribution < -0.4 is 5.32 Å². The number of hydrogen-bond acceptors (Lipinski definition) is 4. The quantitative estimate of drug-likeness (QED) is 0.617. The van der Waals surface area contributed by atoms with Gasteiger partial charge in [-0.05, 0) is 36.4 Å². The second kappa shape index (κ2) is 8.06. The minimum absolute atomic E-state index is 0.0695. The summed E-state index contributed by atoms with van der Waals surface area (Å²) in [5, 5.41) is 5.36. The third-order valence-corrected chi connectivity index (χ3v) is 6.20. The van der Waals surface area contributed by atoms with Gasteiger partial charge in [0.15, 0.2) is 0 Å². The zero-order valence-corrected chi connectivity index (χ0v) is 16.3. The van der Waals surface area contributed by atoms with E-state index in [1.165, 1.54) is 4.88 Å². The van der Waals surface area contributed by atoms with Crippen molar-refractivity contribution < 1.29 is 4.79 Å². The molecular formula is C19H23N3OS2. The van der Waals surface area contributed by atoms with Crippen molar-refractivity contribution in [1.29, 1.82) is 0 Å². The van der Waals surface area contributed by atoms with Crippen molar-refractivity contribution in [3.8, 4) is 0 Å². The van der Waals surface area contributed by atoms with Gasteiger partial charge in [-0.1, -0.05) is 32.0 Å². The number of nitrogens with zero attached hydrogens (tertiary/aromatic N) is 1. The molecule has 2 atom stereocenters. The molecule has 0 aliphatic heterocycles. The summed E-state index contributed by atoms with van der Waals surface area (Å²) in [6, 6.07) is 12.2. The van der Waals surface area contributed by atoms with E-state index in [1.807, 2.05) is 30.3 Å². The molecule has 0 spiro atoms. The molecule has 1 aromatic carbocycles. The van der Waals surface area contributed by atoms with Crippen LogP contribution in [0.3, 0.4) is 0 Å². The van der Waals surface area contributed by atoms with Crippen LogP contribution >= 0.6 is 23.1 Å². The van der Waals surface area contributed by atoms with E-state index in [2.05, 4.69) is 47.5 Å². The summed E-state index contributed by atoms with van der Waals surface area (Å²) in [4.78, 5) is 21.6. The average Bonchev–Trinajstić information content (AvgIpc) is 3.26. The number of H-pyrrole nitrogens is 1. The summed E-state index contributed by atoms with van der Waals surface area (Å²) in [6.07, 6.45) is 0. The predicted molar refractivity (Wildman–Crippen MR) is 107 cm³/mol. The number of benzene rings is 1. The molecule has 2 N–H and O–H groups in total. The van der Waals surface area contributed by atoms with E-state index in [-0.39, 0.29) is 17.2 Å². The van der Waals surface area contributed by atoms with Crippen molar-refractivity contribution in [1.82, 2.24) is 15.3 Å². The molecular weight excluding hydrogens is 350 g/mol. The monoisotopic (exact) mass is 373 g/mol. The van der Waals surface area contributed by atoms with E-state index in [0.717, 1.165) is 16.9 Å². The fourth-order valence-electron chi connectivity index (χ4n) is 2.69. The molecule has 132 valence electrons. The number of thiophene rings is 1. The maximum absolute atomic E-state index is 12.4. The van der Waals surface area contributed by atoms with Gasteiger partial charge in [-0.25, -0.2) is 4.98 Å². The molecule has 25 heavy (non-hydrogen) atoms. The number of imidazole rings is 1. The number of hydrogen-bond donors (Lipinski definition) is 2. The molecule has 0 radical (unpaired) electrons. The van der Waals surface area contributed by atoms with E-state index in [0.29, 0.717) is 11.7 Å². The van der Waals surface area contributed by atoms with Crippen LogP contribution in [0.2, 0.25) is 0 Å². The lowest BCUT2D eigenvalue weighted by molar-refractivity contribution is -0.119. The van der Waals surface area contributed by atoms with E-state index in [9.17, 15) is 4.79 Å². The van der Waals surface area contributed by atoms with Crippen molar-refractivity contribution in [3.63, 3.8) is 0 Å². The Morgan fingerprint density at radius 2 is 2.04 bits per heavy atom. The SMILES string of the molecule is CC(C)[C@@H](NC(=O)CS[C@H](C)c1nc2ccccc2[nH]1)c1cccs1. The van der Waals surface area contributed by atoms with Crippen LogP contribution in [0, 0.1) is 5.92 Å². The lowest BCUT2D eigenvalue weighted by Gasteiger charge is -2.21. The van der Waals surface area contributed by atoms with Crippen LogP contribution in [0.15, 0.2) is 41.8 Å². The van der Waals surface area contributed by atoms with Crippen molar-refractivity contribution in [3.05, 3.63) is 52.5 Å². The van der Waals surface area contributed by atoms with Gasteiger partial charge in [0.05, 0.1) is 28.1 Å². The second-order valence-electron chi connectivity index (χ2n) is 6.40. The van der Waals surface area contributed by atoms with Gasteiger partial charge in [0.1, 0.15) is 5.82 Å². The summed E-state index contributed by atoms with van der Waals surface area (Å²) < 4.78 is 0. The first kappa shape index (κ1) is 18.0. The van der Waals surface area contributed by atoms with Gasteiger partial charge in [0.25, 0.3) is 0 Å². The smallest absolute Gasteiger partial charge is 0.230 e. The number of para-hydroxylation sites is 2. The molecule has 1 amide bonds. The van der Waals surface area contributed by atoms with Crippen LogP contribution in [0.25, 0.3) is 11.0 Å². The Balaban J connectivity index is 1.57. The summed E-state index contributed by atoms with van der Waals surface area (Å²) in [5.74, 6) is 1.77. The molecule has 4 nitrogen and oxygen atoms in total. The molecule has 3 rings (SSSR count). The Morgan fingerprint density at radius 1 is 1.24 bits per heavy atom. The number of carbonyl (C=O) groups is 1. The van der Waals surface area contributed by atoms with Crippen molar-refractivity contribution in [2.24, 2.45) is 5.92 Å². The number of nitrogens with one attached hydrogen (secondary N) is 2. The normalized spacial score (nSPS) is 13.9. The third-order valence-electron chi connectivity index (χ3n) is 4.09. The first-order chi connectivity index (χ1) is 12.0. The number of carbonyl (C=O) groups excluding carboxylic acids is 1. The maximum atomic E-state index is 12.4. The Kier molecular flexibility index (Phi) is 5.81. The van der Waals surface area contributed by atoms with Crippen LogP contribution in [0.4, 0.5) is 0 Å². The predicted octanol–water partition coefficient (Wildman–Crippen LogP) is 4.93. The summed E-state index contributed by atoms with van der Waals surface area (Å²) in [7, 11) is 0. The standard InChI is InChI=1S/C19H23N3OS2/c1-12(2)18(16-9-6-10-24-16)22-17(23)11-25-13(3)19-20-14-7-4-5-8-15(14)21-19/h4-10,12-13,18H,11H2,1-3H3,(H,20,21)(H,22,23)/t13-,18-/m1/s1. The first-order valence-corrected chi connectivity index (χ1v) is 10.4. The van der Waals surface area contributed by atoms with Crippen LogP contribution in [0.5, 0.6) is 0 Å². The Labute approximate surface area is 156 Å². The van der Waals surface area contributed by atoms with Gasteiger partial charge < -0.3 is 10.3 Å². The topological polar surface area (TPSA) is 57.8 Å². The average molecular weight is 374 g/mol.